The molecule has 150 valence electrons. The third-order valence-corrected chi connectivity index (χ3v) is 4.12. The largest absolute Gasteiger partial charge is 0.352 e. The lowest BCUT2D eigenvalue weighted by Gasteiger charge is -2.09. The van der Waals surface area contributed by atoms with Crippen LogP contribution in [0.4, 0.5) is 0 Å². The van der Waals surface area contributed by atoms with E-state index in [9.17, 15) is 9.59 Å². The van der Waals surface area contributed by atoms with Gasteiger partial charge in [0.15, 0.2) is 0 Å². The fourth-order valence-corrected chi connectivity index (χ4v) is 2.54. The average molecular weight is 374 g/mol. The molecule has 0 aliphatic heterocycles. The quantitative estimate of drug-likeness (QED) is 0.202. The molecule has 5 heteroatoms. The number of rotatable bonds is 12. The SMILES string of the molecule is CC=CC(CC)=C(C)C(=O)NCCCCCC(=O)N/C(=C/C)C(=N)/C=C\C. The maximum Gasteiger partial charge on any atom is 0.247 e. The van der Waals surface area contributed by atoms with Gasteiger partial charge >= 0.3 is 0 Å². The minimum absolute atomic E-state index is 0.0251. The molecule has 0 rings (SSSR count). The van der Waals surface area contributed by atoms with Gasteiger partial charge in [0.1, 0.15) is 0 Å². The lowest BCUT2D eigenvalue weighted by atomic mass is 10.1. The van der Waals surface area contributed by atoms with Crippen molar-refractivity contribution in [3.05, 3.63) is 47.2 Å². The van der Waals surface area contributed by atoms with Crippen LogP contribution in [0.1, 0.15) is 66.7 Å². The Morgan fingerprint density at radius 2 is 1.67 bits per heavy atom. The number of carbonyl (C=O) groups excluding carboxylic acids is 2. The molecular formula is C22H35N3O2. The maximum absolute atomic E-state index is 12.1. The van der Waals surface area contributed by atoms with Crippen LogP contribution in [0.3, 0.4) is 0 Å². The molecule has 5 nitrogen and oxygen atoms in total. The summed E-state index contributed by atoms with van der Waals surface area (Å²) in [6, 6.07) is 0. The van der Waals surface area contributed by atoms with E-state index in [2.05, 4.69) is 10.6 Å². The van der Waals surface area contributed by atoms with Gasteiger partial charge in [-0.15, -0.1) is 0 Å². The van der Waals surface area contributed by atoms with E-state index in [0.29, 0.717) is 24.4 Å². The summed E-state index contributed by atoms with van der Waals surface area (Å²) in [4.78, 5) is 24.1. The summed E-state index contributed by atoms with van der Waals surface area (Å²) in [5.41, 5.74) is 2.64. The van der Waals surface area contributed by atoms with E-state index in [-0.39, 0.29) is 11.8 Å². The molecule has 3 N–H and O–H groups in total. The lowest BCUT2D eigenvalue weighted by molar-refractivity contribution is -0.120. The van der Waals surface area contributed by atoms with Crippen molar-refractivity contribution in [2.45, 2.75) is 66.7 Å². The van der Waals surface area contributed by atoms with Crippen LogP contribution in [0.2, 0.25) is 0 Å². The van der Waals surface area contributed by atoms with E-state index in [1.165, 1.54) is 0 Å². The third-order valence-electron chi connectivity index (χ3n) is 4.12. The van der Waals surface area contributed by atoms with Gasteiger partial charge in [-0.05, 0) is 58.6 Å². The molecule has 0 aliphatic carbocycles. The Kier molecular flexibility index (Phi) is 13.4. The number of nitrogens with one attached hydrogen (secondary N) is 3. The van der Waals surface area contributed by atoms with Crippen LogP contribution in [-0.2, 0) is 9.59 Å². The summed E-state index contributed by atoms with van der Waals surface area (Å²) < 4.78 is 0. The second-order valence-corrected chi connectivity index (χ2v) is 6.23. The highest BCUT2D eigenvalue weighted by molar-refractivity contribution is 6.07. The number of unbranched alkanes of at least 4 members (excludes halogenated alkanes) is 2. The lowest BCUT2D eigenvalue weighted by Crippen LogP contribution is -2.27. The van der Waals surface area contributed by atoms with Crippen molar-refractivity contribution in [1.82, 2.24) is 10.6 Å². The first-order chi connectivity index (χ1) is 12.9. The van der Waals surface area contributed by atoms with Crippen molar-refractivity contribution < 1.29 is 9.59 Å². The number of hydrogen-bond acceptors (Lipinski definition) is 3. The Morgan fingerprint density at radius 1 is 1.00 bits per heavy atom. The molecule has 0 saturated heterocycles. The summed E-state index contributed by atoms with van der Waals surface area (Å²) in [6.07, 6.45) is 12.8. The van der Waals surface area contributed by atoms with E-state index < -0.39 is 0 Å². The number of allylic oxidation sites excluding steroid dienone is 6. The number of carbonyl (C=O) groups is 2. The molecule has 2 amide bonds. The van der Waals surface area contributed by atoms with Crippen LogP contribution in [0.25, 0.3) is 0 Å². The van der Waals surface area contributed by atoms with E-state index in [1.807, 2.05) is 39.8 Å². The van der Waals surface area contributed by atoms with E-state index >= 15 is 0 Å². The highest BCUT2D eigenvalue weighted by Gasteiger charge is 2.08. The molecule has 27 heavy (non-hydrogen) atoms. The van der Waals surface area contributed by atoms with Gasteiger partial charge in [0.25, 0.3) is 0 Å². The molecule has 0 fully saturated rings. The molecule has 0 unspecified atom stereocenters. The Labute approximate surface area is 164 Å². The van der Waals surface area contributed by atoms with Gasteiger partial charge in [-0.1, -0.05) is 37.6 Å². The summed E-state index contributed by atoms with van der Waals surface area (Å²) >= 11 is 0. The van der Waals surface area contributed by atoms with Gasteiger partial charge in [-0.3, -0.25) is 15.0 Å². The van der Waals surface area contributed by atoms with E-state index in [4.69, 9.17) is 5.41 Å². The van der Waals surface area contributed by atoms with Crippen molar-refractivity contribution in [3.63, 3.8) is 0 Å². The van der Waals surface area contributed by atoms with Gasteiger partial charge in [0.2, 0.25) is 11.8 Å². The van der Waals surface area contributed by atoms with Gasteiger partial charge in [0, 0.05) is 18.5 Å². The van der Waals surface area contributed by atoms with Crippen LogP contribution in [-0.4, -0.2) is 24.1 Å². The summed E-state index contributed by atoms with van der Waals surface area (Å²) in [5, 5.41) is 13.5. The highest BCUT2D eigenvalue weighted by Crippen LogP contribution is 2.10. The Hall–Kier alpha value is -2.43. The zero-order chi connectivity index (χ0) is 20.7. The molecule has 0 aliphatic rings. The van der Waals surface area contributed by atoms with E-state index in [1.54, 1.807) is 25.2 Å². The molecule has 0 radical (unpaired) electrons. The molecule has 0 bridgehead atoms. The zero-order valence-electron chi connectivity index (χ0n) is 17.4. The van der Waals surface area contributed by atoms with Crippen LogP contribution in [0.15, 0.2) is 47.2 Å². The molecule has 0 heterocycles. The predicted octanol–water partition coefficient (Wildman–Crippen LogP) is 4.58. The summed E-state index contributed by atoms with van der Waals surface area (Å²) in [7, 11) is 0. The third kappa shape index (κ3) is 10.3. The second-order valence-electron chi connectivity index (χ2n) is 6.23. The van der Waals surface area contributed by atoms with Crippen molar-refractivity contribution >= 4 is 17.5 Å². The van der Waals surface area contributed by atoms with Gasteiger partial charge < -0.3 is 10.6 Å². The minimum atomic E-state index is -0.0842. The van der Waals surface area contributed by atoms with Gasteiger partial charge in [-0.2, -0.15) is 0 Å². The normalized spacial score (nSPS) is 13.0. The Balaban J connectivity index is 4.15. The van der Waals surface area contributed by atoms with Crippen LogP contribution in [0.5, 0.6) is 0 Å². The fraction of sp³-hybridized carbons (Fsp3) is 0.500. The van der Waals surface area contributed by atoms with Crippen molar-refractivity contribution in [1.29, 1.82) is 5.41 Å². The second kappa shape index (κ2) is 14.7. The summed E-state index contributed by atoms with van der Waals surface area (Å²) in [6.45, 7) is 10.1. The minimum Gasteiger partial charge on any atom is -0.352 e. The average Bonchev–Trinajstić information content (AvgIpc) is 2.66. The molecule has 0 aromatic carbocycles. The first kappa shape index (κ1) is 24.6. The van der Waals surface area contributed by atoms with Gasteiger partial charge in [-0.25, -0.2) is 0 Å². The van der Waals surface area contributed by atoms with Crippen molar-refractivity contribution in [2.24, 2.45) is 0 Å². The fourth-order valence-electron chi connectivity index (χ4n) is 2.54. The first-order valence-corrected chi connectivity index (χ1v) is 9.69. The molecule has 0 aromatic rings. The monoisotopic (exact) mass is 373 g/mol. The zero-order valence-corrected chi connectivity index (χ0v) is 17.4. The Bertz CT molecular complexity index is 625. The summed E-state index contributed by atoms with van der Waals surface area (Å²) in [5.74, 6) is -0.109. The predicted molar refractivity (Wildman–Crippen MR) is 114 cm³/mol. The van der Waals surface area contributed by atoms with Crippen LogP contribution < -0.4 is 10.6 Å². The number of amides is 2. The molecule has 0 atom stereocenters. The van der Waals surface area contributed by atoms with Crippen LogP contribution >= 0.6 is 0 Å². The Morgan fingerprint density at radius 3 is 2.22 bits per heavy atom. The molecule has 0 aromatic heterocycles. The van der Waals surface area contributed by atoms with Gasteiger partial charge in [0.05, 0.1) is 11.4 Å². The standard InChI is InChI=1S/C22H35N3O2/c1-6-13-18(8-3)17(5)22(27)24-16-12-10-11-15-21(26)25-20(9-4)19(23)14-7-2/h6-7,9,13-14,23H,8,10-12,15-16H2,1-5H3,(H,24,27)(H,25,26)/b13-6?,14-7-,18-17?,20-9+,23-19?. The topological polar surface area (TPSA) is 82.1 Å². The molecular weight excluding hydrogens is 338 g/mol. The van der Waals surface area contributed by atoms with E-state index in [0.717, 1.165) is 36.8 Å². The van der Waals surface area contributed by atoms with Crippen molar-refractivity contribution in [3.8, 4) is 0 Å². The number of hydrogen-bond donors (Lipinski definition) is 3. The maximum atomic E-state index is 12.1. The van der Waals surface area contributed by atoms with Crippen LogP contribution in [0, 0.1) is 5.41 Å². The first-order valence-electron chi connectivity index (χ1n) is 9.69. The van der Waals surface area contributed by atoms with Crippen molar-refractivity contribution in [2.75, 3.05) is 6.54 Å². The molecule has 0 spiro atoms. The smallest absolute Gasteiger partial charge is 0.247 e. The molecule has 0 saturated carbocycles. The highest BCUT2D eigenvalue weighted by atomic mass is 16.2.